The number of unbranched alkanes of at least 4 members (excludes halogenated alkanes) is 1. The number of hydrogen-bond donors (Lipinski definition) is 1. The van der Waals surface area contributed by atoms with Crippen molar-refractivity contribution in [2.75, 3.05) is 33.0 Å². The van der Waals surface area contributed by atoms with E-state index in [0.717, 1.165) is 19.4 Å². The van der Waals surface area contributed by atoms with E-state index in [1.807, 2.05) is 20.8 Å². The van der Waals surface area contributed by atoms with Gasteiger partial charge in [-0.2, -0.15) is 0 Å². The van der Waals surface area contributed by atoms with Gasteiger partial charge in [0.1, 0.15) is 5.60 Å². The third kappa shape index (κ3) is 13.3. The van der Waals surface area contributed by atoms with Crippen LogP contribution in [0.1, 0.15) is 40.5 Å². The zero-order valence-electron chi connectivity index (χ0n) is 12.1. The zero-order valence-corrected chi connectivity index (χ0v) is 12.1. The van der Waals surface area contributed by atoms with Crippen LogP contribution in [-0.4, -0.2) is 44.7 Å². The van der Waals surface area contributed by atoms with Gasteiger partial charge in [0.15, 0.2) is 0 Å². The number of rotatable bonds is 9. The van der Waals surface area contributed by atoms with E-state index < -0.39 is 11.7 Å². The van der Waals surface area contributed by atoms with Gasteiger partial charge in [0.2, 0.25) is 0 Å². The van der Waals surface area contributed by atoms with Gasteiger partial charge >= 0.3 is 6.09 Å². The predicted octanol–water partition coefficient (Wildman–Crippen LogP) is 2.34. The van der Waals surface area contributed by atoms with Gasteiger partial charge in [0.05, 0.1) is 19.8 Å². The summed E-state index contributed by atoms with van der Waals surface area (Å²) >= 11 is 0. The first kappa shape index (κ1) is 17.2. The number of carbonyl (C=O) groups excluding carboxylic acids is 1. The van der Waals surface area contributed by atoms with E-state index in [1.54, 1.807) is 0 Å². The molecule has 0 aliphatic heterocycles. The van der Waals surface area contributed by atoms with Gasteiger partial charge in [0, 0.05) is 13.2 Å². The van der Waals surface area contributed by atoms with E-state index in [9.17, 15) is 4.79 Å². The van der Waals surface area contributed by atoms with Crippen LogP contribution in [0.5, 0.6) is 0 Å². The molecule has 0 atom stereocenters. The number of carbonyl (C=O) groups is 1. The zero-order chi connectivity index (χ0) is 13.9. The molecular weight excluding hydrogens is 234 g/mol. The third-order valence-corrected chi connectivity index (χ3v) is 1.93. The van der Waals surface area contributed by atoms with E-state index in [1.165, 1.54) is 0 Å². The van der Waals surface area contributed by atoms with Gasteiger partial charge in [-0.05, 0) is 27.2 Å². The Morgan fingerprint density at radius 2 is 1.67 bits per heavy atom. The third-order valence-electron chi connectivity index (χ3n) is 1.93. The fourth-order valence-electron chi connectivity index (χ4n) is 1.11. The number of amides is 1. The monoisotopic (exact) mass is 261 g/mol. The molecule has 108 valence electrons. The topological polar surface area (TPSA) is 56.8 Å². The summed E-state index contributed by atoms with van der Waals surface area (Å²) in [7, 11) is 0. The SMILES string of the molecule is CCCCOCCOCCNC(=O)OC(C)(C)C. The second kappa shape index (κ2) is 10.1. The Labute approximate surface area is 110 Å². The van der Waals surface area contributed by atoms with Crippen molar-refractivity contribution in [1.82, 2.24) is 5.32 Å². The van der Waals surface area contributed by atoms with Crippen molar-refractivity contribution < 1.29 is 19.0 Å². The average Bonchev–Trinajstić information content (AvgIpc) is 2.24. The maximum Gasteiger partial charge on any atom is 0.407 e. The molecule has 0 aromatic heterocycles. The molecule has 0 aromatic carbocycles. The molecule has 0 heterocycles. The van der Waals surface area contributed by atoms with Crippen LogP contribution in [0.4, 0.5) is 4.79 Å². The highest BCUT2D eigenvalue weighted by atomic mass is 16.6. The van der Waals surface area contributed by atoms with Crippen LogP contribution in [0.3, 0.4) is 0 Å². The van der Waals surface area contributed by atoms with Crippen LogP contribution in [0.25, 0.3) is 0 Å². The molecule has 0 unspecified atom stereocenters. The lowest BCUT2D eigenvalue weighted by molar-refractivity contribution is 0.0393. The van der Waals surface area contributed by atoms with E-state index in [2.05, 4.69) is 12.2 Å². The molecule has 0 aromatic rings. The fourth-order valence-corrected chi connectivity index (χ4v) is 1.11. The second-order valence-corrected chi connectivity index (χ2v) is 5.01. The molecule has 18 heavy (non-hydrogen) atoms. The van der Waals surface area contributed by atoms with Crippen LogP contribution in [0.2, 0.25) is 0 Å². The lowest BCUT2D eigenvalue weighted by Crippen LogP contribution is -2.34. The quantitative estimate of drug-likeness (QED) is 0.647. The smallest absolute Gasteiger partial charge is 0.407 e. The maximum atomic E-state index is 11.3. The molecule has 0 aliphatic rings. The fraction of sp³-hybridized carbons (Fsp3) is 0.923. The van der Waals surface area contributed by atoms with Crippen molar-refractivity contribution in [2.24, 2.45) is 0 Å². The Morgan fingerprint density at radius 1 is 1.06 bits per heavy atom. The first-order valence-electron chi connectivity index (χ1n) is 6.58. The van der Waals surface area contributed by atoms with Gasteiger partial charge < -0.3 is 19.5 Å². The van der Waals surface area contributed by atoms with E-state index in [0.29, 0.717) is 26.4 Å². The summed E-state index contributed by atoms with van der Waals surface area (Å²) < 4.78 is 15.7. The molecular formula is C13H27NO4. The minimum Gasteiger partial charge on any atom is -0.444 e. The van der Waals surface area contributed by atoms with E-state index in [-0.39, 0.29) is 0 Å². The van der Waals surface area contributed by atoms with Crippen molar-refractivity contribution in [1.29, 1.82) is 0 Å². The summed E-state index contributed by atoms with van der Waals surface area (Å²) in [6, 6.07) is 0. The summed E-state index contributed by atoms with van der Waals surface area (Å²) in [6.07, 6.45) is 1.81. The summed E-state index contributed by atoms with van der Waals surface area (Å²) in [5.74, 6) is 0. The van der Waals surface area contributed by atoms with Crippen molar-refractivity contribution in [2.45, 2.75) is 46.1 Å². The summed E-state index contributed by atoms with van der Waals surface area (Å²) in [4.78, 5) is 11.3. The van der Waals surface area contributed by atoms with Gasteiger partial charge in [-0.1, -0.05) is 13.3 Å². The van der Waals surface area contributed by atoms with Gasteiger partial charge in [-0.3, -0.25) is 0 Å². The van der Waals surface area contributed by atoms with Crippen LogP contribution >= 0.6 is 0 Å². The highest BCUT2D eigenvalue weighted by Crippen LogP contribution is 2.05. The molecule has 0 aliphatic carbocycles. The van der Waals surface area contributed by atoms with Crippen LogP contribution < -0.4 is 5.32 Å². The van der Waals surface area contributed by atoms with Crippen molar-refractivity contribution in [3.8, 4) is 0 Å². The highest BCUT2D eigenvalue weighted by molar-refractivity contribution is 5.67. The molecule has 0 saturated carbocycles. The molecule has 0 fully saturated rings. The Balaban J connectivity index is 3.23. The molecule has 0 spiro atoms. The number of nitrogens with one attached hydrogen (secondary N) is 1. The van der Waals surface area contributed by atoms with Crippen LogP contribution in [-0.2, 0) is 14.2 Å². The first-order chi connectivity index (χ1) is 8.45. The average molecular weight is 261 g/mol. The predicted molar refractivity (Wildman–Crippen MR) is 70.8 cm³/mol. The number of alkyl carbamates (subject to hydrolysis) is 1. The Morgan fingerprint density at radius 3 is 2.22 bits per heavy atom. The van der Waals surface area contributed by atoms with E-state index in [4.69, 9.17) is 14.2 Å². The van der Waals surface area contributed by atoms with E-state index >= 15 is 0 Å². The largest absolute Gasteiger partial charge is 0.444 e. The summed E-state index contributed by atoms with van der Waals surface area (Å²) in [5.41, 5.74) is -0.460. The summed E-state index contributed by atoms with van der Waals surface area (Å²) in [6.45, 7) is 10.5. The molecule has 5 heteroatoms. The standard InChI is InChI=1S/C13H27NO4/c1-5-6-8-16-10-11-17-9-7-14-12(15)18-13(2,3)4/h5-11H2,1-4H3,(H,14,15). The second-order valence-electron chi connectivity index (χ2n) is 5.01. The lowest BCUT2D eigenvalue weighted by Gasteiger charge is -2.19. The van der Waals surface area contributed by atoms with Crippen molar-refractivity contribution in [3.63, 3.8) is 0 Å². The number of ether oxygens (including phenoxy) is 3. The molecule has 1 N–H and O–H groups in total. The van der Waals surface area contributed by atoms with Crippen molar-refractivity contribution >= 4 is 6.09 Å². The maximum absolute atomic E-state index is 11.3. The molecule has 5 nitrogen and oxygen atoms in total. The molecule has 0 saturated heterocycles. The molecule has 0 rings (SSSR count). The Bertz CT molecular complexity index is 214. The highest BCUT2D eigenvalue weighted by Gasteiger charge is 2.15. The minimum absolute atomic E-state index is 0.412. The molecule has 0 radical (unpaired) electrons. The van der Waals surface area contributed by atoms with Crippen LogP contribution in [0.15, 0.2) is 0 Å². The molecule has 1 amide bonds. The van der Waals surface area contributed by atoms with Crippen molar-refractivity contribution in [3.05, 3.63) is 0 Å². The normalized spacial score (nSPS) is 11.3. The minimum atomic E-state index is -0.460. The van der Waals surface area contributed by atoms with Gasteiger partial charge in [0.25, 0.3) is 0 Å². The Hall–Kier alpha value is -0.810. The van der Waals surface area contributed by atoms with Crippen LogP contribution in [0, 0.1) is 0 Å². The molecule has 0 bridgehead atoms. The lowest BCUT2D eigenvalue weighted by atomic mass is 10.2. The first-order valence-corrected chi connectivity index (χ1v) is 6.58. The summed E-state index contributed by atoms with van der Waals surface area (Å²) in [5, 5.41) is 2.62. The Kier molecular flexibility index (Phi) is 9.69. The number of hydrogen-bond acceptors (Lipinski definition) is 4. The van der Waals surface area contributed by atoms with Gasteiger partial charge in [-0.25, -0.2) is 4.79 Å². The van der Waals surface area contributed by atoms with Gasteiger partial charge in [-0.15, -0.1) is 0 Å².